The molecule has 0 bridgehead atoms. The number of nitrogens with two attached hydrogens (primary N) is 1. The van der Waals surface area contributed by atoms with Gasteiger partial charge in [0.2, 0.25) is 0 Å². The van der Waals surface area contributed by atoms with Crippen molar-refractivity contribution in [1.29, 1.82) is 0 Å². The van der Waals surface area contributed by atoms with E-state index in [1.54, 1.807) is 6.07 Å². The van der Waals surface area contributed by atoms with Gasteiger partial charge in [0.1, 0.15) is 5.52 Å². The molecule has 0 unspecified atom stereocenters. The van der Waals surface area contributed by atoms with Crippen LogP contribution in [0, 0.1) is 0 Å². The van der Waals surface area contributed by atoms with Crippen LogP contribution in [0.5, 0.6) is 5.75 Å². The molecule has 1 heterocycles. The molecule has 0 saturated heterocycles. The van der Waals surface area contributed by atoms with Crippen molar-refractivity contribution in [3.8, 4) is 5.75 Å². The average Bonchev–Trinajstić information content (AvgIpc) is 2.67. The van der Waals surface area contributed by atoms with E-state index in [-0.39, 0.29) is 35.6 Å². The van der Waals surface area contributed by atoms with Crippen LogP contribution in [0.25, 0.3) is 11.1 Å². The highest BCUT2D eigenvalue weighted by molar-refractivity contribution is 6.02. The number of phenols is 1. The summed E-state index contributed by atoms with van der Waals surface area (Å²) in [6.07, 6.45) is 1.43. The van der Waals surface area contributed by atoms with Crippen LogP contribution in [0.4, 0.5) is 0 Å². The van der Waals surface area contributed by atoms with Crippen molar-refractivity contribution in [3.05, 3.63) is 24.1 Å². The largest absolute Gasteiger partial charge is 0.504 e. The Morgan fingerprint density at radius 2 is 2.33 bits per heavy atom. The minimum atomic E-state index is -0.201. The number of ketones is 1. The number of phenolic OH excluding ortho intramolecular Hbond substituents is 1. The van der Waals surface area contributed by atoms with Crippen LogP contribution in [-0.2, 0) is 0 Å². The number of aromatic hydroxyl groups is 1. The Bertz CT molecular complexity index is 504. The molecule has 2 rings (SSSR count). The predicted octanol–water partition coefficient (Wildman–Crippen LogP) is 1.06. The quantitative estimate of drug-likeness (QED) is 0.733. The Hall–Kier alpha value is -1.88. The van der Waals surface area contributed by atoms with Gasteiger partial charge in [0.25, 0.3) is 0 Å². The van der Waals surface area contributed by atoms with Gasteiger partial charge in [0.05, 0.1) is 5.56 Å². The number of aromatic nitrogens is 1. The fourth-order valence-corrected chi connectivity index (χ4v) is 1.40. The van der Waals surface area contributed by atoms with Gasteiger partial charge in [0, 0.05) is 6.42 Å². The number of carbonyl (C=O) groups excluding carboxylic acids is 1. The maximum Gasteiger partial charge on any atom is 0.196 e. The van der Waals surface area contributed by atoms with Crippen molar-refractivity contribution >= 4 is 16.9 Å². The van der Waals surface area contributed by atoms with Gasteiger partial charge in [-0.2, -0.15) is 0 Å². The number of benzene rings is 1. The summed E-state index contributed by atoms with van der Waals surface area (Å²) in [7, 11) is 0. The average molecular weight is 206 g/mol. The summed E-state index contributed by atoms with van der Waals surface area (Å²) in [6, 6.07) is 3.15. The molecule has 3 N–H and O–H groups in total. The standard InChI is InChI=1S/C10H10N2O3/c11-4-3-8(13)6-1-2-7-10(9(6)14)15-5-12-7/h1-2,5,14H,3-4,11H2. The summed E-state index contributed by atoms with van der Waals surface area (Å²) >= 11 is 0. The van der Waals surface area contributed by atoms with Crippen molar-refractivity contribution in [2.24, 2.45) is 5.73 Å². The highest BCUT2D eigenvalue weighted by atomic mass is 16.4. The molecule has 0 radical (unpaired) electrons. The zero-order valence-corrected chi connectivity index (χ0v) is 7.93. The second-order valence-corrected chi connectivity index (χ2v) is 3.12. The summed E-state index contributed by atoms with van der Waals surface area (Å²) in [5, 5.41) is 9.74. The number of carbonyl (C=O) groups is 1. The molecule has 5 nitrogen and oxygen atoms in total. The molecule has 5 heteroatoms. The van der Waals surface area contributed by atoms with Crippen LogP contribution in [0.2, 0.25) is 0 Å². The van der Waals surface area contributed by atoms with Crippen LogP contribution in [0.3, 0.4) is 0 Å². The van der Waals surface area contributed by atoms with Crippen LogP contribution in [-0.4, -0.2) is 22.4 Å². The van der Waals surface area contributed by atoms with Crippen LogP contribution >= 0.6 is 0 Å². The van der Waals surface area contributed by atoms with E-state index in [2.05, 4.69) is 4.98 Å². The fourth-order valence-electron chi connectivity index (χ4n) is 1.40. The van der Waals surface area contributed by atoms with E-state index in [0.717, 1.165) is 0 Å². The SMILES string of the molecule is NCCC(=O)c1ccc2ncoc2c1O. The van der Waals surface area contributed by atoms with Crippen molar-refractivity contribution < 1.29 is 14.3 Å². The summed E-state index contributed by atoms with van der Waals surface area (Å²) < 4.78 is 4.97. The smallest absolute Gasteiger partial charge is 0.196 e. The lowest BCUT2D eigenvalue weighted by Crippen LogP contribution is -2.08. The Kier molecular flexibility index (Phi) is 2.39. The summed E-state index contributed by atoms with van der Waals surface area (Å²) in [5.74, 6) is -0.364. The molecular weight excluding hydrogens is 196 g/mol. The van der Waals surface area contributed by atoms with Crippen molar-refractivity contribution in [2.45, 2.75) is 6.42 Å². The highest BCUT2D eigenvalue weighted by Crippen LogP contribution is 2.28. The van der Waals surface area contributed by atoms with E-state index in [1.165, 1.54) is 12.5 Å². The molecule has 0 amide bonds. The normalized spacial score (nSPS) is 10.7. The van der Waals surface area contributed by atoms with E-state index in [0.29, 0.717) is 5.52 Å². The first kappa shape index (κ1) is 9.67. The van der Waals surface area contributed by atoms with Crippen LogP contribution in [0.15, 0.2) is 22.9 Å². The minimum Gasteiger partial charge on any atom is -0.504 e. The third-order valence-corrected chi connectivity index (χ3v) is 2.14. The highest BCUT2D eigenvalue weighted by Gasteiger charge is 2.15. The second-order valence-electron chi connectivity index (χ2n) is 3.12. The first-order valence-electron chi connectivity index (χ1n) is 4.52. The van der Waals surface area contributed by atoms with Gasteiger partial charge < -0.3 is 15.3 Å². The Morgan fingerprint density at radius 3 is 3.07 bits per heavy atom. The van der Waals surface area contributed by atoms with Crippen molar-refractivity contribution in [2.75, 3.05) is 6.54 Å². The van der Waals surface area contributed by atoms with Crippen LogP contribution < -0.4 is 5.73 Å². The fraction of sp³-hybridized carbons (Fsp3) is 0.200. The number of hydrogen-bond donors (Lipinski definition) is 2. The zero-order chi connectivity index (χ0) is 10.8. The number of fused-ring (bicyclic) bond motifs is 1. The number of hydrogen-bond acceptors (Lipinski definition) is 5. The Labute approximate surface area is 85.5 Å². The first-order valence-corrected chi connectivity index (χ1v) is 4.52. The maximum atomic E-state index is 11.5. The van der Waals surface area contributed by atoms with E-state index < -0.39 is 0 Å². The lowest BCUT2D eigenvalue weighted by atomic mass is 10.1. The van der Waals surface area contributed by atoms with E-state index in [1.807, 2.05) is 0 Å². The summed E-state index contributed by atoms with van der Waals surface area (Å²) in [4.78, 5) is 15.4. The molecular formula is C10H10N2O3. The number of nitrogens with zero attached hydrogens (tertiary/aromatic N) is 1. The van der Waals surface area contributed by atoms with E-state index >= 15 is 0 Å². The molecule has 0 atom stereocenters. The summed E-state index contributed by atoms with van der Waals surface area (Å²) in [6.45, 7) is 0.257. The molecule has 0 aliphatic carbocycles. The predicted molar refractivity (Wildman–Crippen MR) is 53.7 cm³/mol. The maximum absolute atomic E-state index is 11.5. The van der Waals surface area contributed by atoms with Gasteiger partial charge >= 0.3 is 0 Å². The molecule has 0 fully saturated rings. The van der Waals surface area contributed by atoms with Crippen LogP contribution in [0.1, 0.15) is 16.8 Å². The third kappa shape index (κ3) is 1.57. The summed E-state index contributed by atoms with van der Waals surface area (Å²) in [5.41, 5.74) is 6.26. The molecule has 2 aromatic rings. The lowest BCUT2D eigenvalue weighted by molar-refractivity contribution is 0.0983. The van der Waals surface area contributed by atoms with Crippen molar-refractivity contribution in [3.63, 3.8) is 0 Å². The molecule has 1 aromatic heterocycles. The minimum absolute atomic E-state index is 0.163. The molecule has 0 aliphatic heterocycles. The van der Waals surface area contributed by atoms with E-state index in [9.17, 15) is 9.90 Å². The molecule has 0 aliphatic rings. The van der Waals surface area contributed by atoms with Gasteiger partial charge in [-0.15, -0.1) is 0 Å². The van der Waals surface area contributed by atoms with Gasteiger partial charge in [-0.1, -0.05) is 0 Å². The lowest BCUT2D eigenvalue weighted by Gasteiger charge is -2.01. The van der Waals surface area contributed by atoms with E-state index in [4.69, 9.17) is 10.2 Å². The number of rotatable bonds is 3. The molecule has 0 spiro atoms. The van der Waals surface area contributed by atoms with Gasteiger partial charge in [0.15, 0.2) is 23.5 Å². The third-order valence-electron chi connectivity index (χ3n) is 2.14. The molecule has 0 saturated carbocycles. The van der Waals surface area contributed by atoms with Gasteiger partial charge in [-0.25, -0.2) is 4.98 Å². The number of Topliss-reactive ketones (excluding diaryl/α,β-unsaturated/α-hetero) is 1. The van der Waals surface area contributed by atoms with Crippen molar-refractivity contribution in [1.82, 2.24) is 4.98 Å². The first-order chi connectivity index (χ1) is 7.24. The topological polar surface area (TPSA) is 89.4 Å². The number of oxazole rings is 1. The Balaban J connectivity index is 2.52. The molecule has 15 heavy (non-hydrogen) atoms. The molecule has 1 aromatic carbocycles. The monoisotopic (exact) mass is 206 g/mol. The second kappa shape index (κ2) is 3.70. The van der Waals surface area contributed by atoms with Gasteiger partial charge in [-0.3, -0.25) is 4.79 Å². The molecule has 78 valence electrons. The zero-order valence-electron chi connectivity index (χ0n) is 7.93. The van der Waals surface area contributed by atoms with Gasteiger partial charge in [-0.05, 0) is 18.7 Å². The Morgan fingerprint density at radius 1 is 1.53 bits per heavy atom.